The van der Waals surface area contributed by atoms with Gasteiger partial charge in [0.05, 0.1) is 4.92 Å². The van der Waals surface area contributed by atoms with Gasteiger partial charge in [-0.1, -0.05) is 12.1 Å². The molecule has 0 amide bonds. The lowest BCUT2D eigenvalue weighted by atomic mass is 10.2. The number of anilines is 3. The van der Waals surface area contributed by atoms with Crippen LogP contribution in [-0.2, 0) is 0 Å². The van der Waals surface area contributed by atoms with E-state index in [9.17, 15) is 10.1 Å². The Morgan fingerprint density at radius 3 is 2.67 bits per heavy atom. The molecule has 8 nitrogen and oxygen atoms in total. The smallest absolute Gasteiger partial charge is 0.292 e. The van der Waals surface area contributed by atoms with E-state index < -0.39 is 0 Å². The molecule has 126 valence electrons. The summed E-state index contributed by atoms with van der Waals surface area (Å²) in [5, 5.41) is 17.3. The average molecular weight is 328 g/mol. The zero-order valence-electron chi connectivity index (χ0n) is 13.3. The molecule has 1 aliphatic heterocycles. The minimum absolute atomic E-state index is 0.0795. The highest BCUT2D eigenvalue weighted by Crippen LogP contribution is 2.23. The van der Waals surface area contributed by atoms with Gasteiger partial charge in [-0.15, -0.1) is 0 Å². The molecule has 0 aliphatic carbocycles. The Morgan fingerprint density at radius 1 is 1.12 bits per heavy atom. The van der Waals surface area contributed by atoms with E-state index in [2.05, 4.69) is 25.5 Å². The van der Waals surface area contributed by atoms with Crippen molar-refractivity contribution in [3.05, 3.63) is 46.8 Å². The van der Waals surface area contributed by atoms with Crippen molar-refractivity contribution < 1.29 is 4.92 Å². The topological polar surface area (TPSA) is 96.2 Å². The van der Waals surface area contributed by atoms with Crippen molar-refractivity contribution in [1.82, 2.24) is 9.97 Å². The van der Waals surface area contributed by atoms with E-state index in [0.717, 1.165) is 24.7 Å². The summed E-state index contributed by atoms with van der Waals surface area (Å²) in [4.78, 5) is 21.4. The number of para-hydroxylation sites is 2. The van der Waals surface area contributed by atoms with Gasteiger partial charge >= 0.3 is 0 Å². The van der Waals surface area contributed by atoms with Crippen molar-refractivity contribution in [2.45, 2.75) is 12.8 Å². The molecule has 0 bridgehead atoms. The quantitative estimate of drug-likeness (QED) is 0.458. The van der Waals surface area contributed by atoms with Gasteiger partial charge in [-0.2, -0.15) is 0 Å². The number of nitro benzene ring substituents is 1. The lowest BCUT2D eigenvalue weighted by Gasteiger charge is -2.16. The van der Waals surface area contributed by atoms with Gasteiger partial charge in [-0.05, 0) is 18.9 Å². The molecule has 24 heavy (non-hydrogen) atoms. The zero-order valence-corrected chi connectivity index (χ0v) is 13.3. The van der Waals surface area contributed by atoms with Gasteiger partial charge in [0.15, 0.2) is 0 Å². The maximum atomic E-state index is 11.0. The van der Waals surface area contributed by atoms with Crippen LogP contribution in [0.4, 0.5) is 23.0 Å². The summed E-state index contributed by atoms with van der Waals surface area (Å²) in [7, 11) is 0. The zero-order chi connectivity index (χ0) is 16.8. The second kappa shape index (κ2) is 7.58. The van der Waals surface area contributed by atoms with Crippen molar-refractivity contribution in [1.29, 1.82) is 0 Å². The highest BCUT2D eigenvalue weighted by atomic mass is 16.6. The molecule has 1 aliphatic rings. The molecule has 2 aromatic rings. The second-order valence-electron chi connectivity index (χ2n) is 5.58. The van der Waals surface area contributed by atoms with Crippen LogP contribution in [0.5, 0.6) is 0 Å². The molecular weight excluding hydrogens is 308 g/mol. The Balaban J connectivity index is 1.52. The van der Waals surface area contributed by atoms with Gasteiger partial charge in [0.2, 0.25) is 0 Å². The number of nitrogens with zero attached hydrogens (tertiary/aromatic N) is 4. The highest BCUT2D eigenvalue weighted by molar-refractivity contribution is 5.61. The van der Waals surface area contributed by atoms with E-state index in [-0.39, 0.29) is 10.6 Å². The first-order valence-electron chi connectivity index (χ1n) is 8.02. The van der Waals surface area contributed by atoms with Crippen LogP contribution in [0.25, 0.3) is 0 Å². The molecule has 1 saturated heterocycles. The van der Waals surface area contributed by atoms with Crippen molar-refractivity contribution in [2.75, 3.05) is 41.7 Å². The van der Waals surface area contributed by atoms with Gasteiger partial charge in [-0.3, -0.25) is 10.1 Å². The summed E-state index contributed by atoms with van der Waals surface area (Å²) in [5.74, 6) is 1.70. The van der Waals surface area contributed by atoms with Crippen LogP contribution in [0.15, 0.2) is 36.7 Å². The molecule has 0 atom stereocenters. The molecule has 0 spiro atoms. The average Bonchev–Trinajstić information content (AvgIpc) is 3.14. The van der Waals surface area contributed by atoms with Crippen LogP contribution in [0, 0.1) is 10.1 Å². The van der Waals surface area contributed by atoms with Gasteiger partial charge in [0, 0.05) is 38.3 Å². The van der Waals surface area contributed by atoms with E-state index in [1.807, 2.05) is 6.07 Å². The summed E-state index contributed by atoms with van der Waals surface area (Å²) in [5.41, 5.74) is 0.598. The Hall–Kier alpha value is -2.90. The predicted molar refractivity (Wildman–Crippen MR) is 93.6 cm³/mol. The van der Waals surface area contributed by atoms with Crippen molar-refractivity contribution >= 4 is 23.0 Å². The molecule has 3 rings (SSSR count). The second-order valence-corrected chi connectivity index (χ2v) is 5.58. The first kappa shape index (κ1) is 16.0. The van der Waals surface area contributed by atoms with Crippen LogP contribution in [-0.4, -0.2) is 41.1 Å². The van der Waals surface area contributed by atoms with E-state index in [1.54, 1.807) is 24.5 Å². The molecule has 1 aromatic heterocycles. The number of benzene rings is 1. The Morgan fingerprint density at radius 2 is 1.88 bits per heavy atom. The maximum absolute atomic E-state index is 11.0. The van der Waals surface area contributed by atoms with Gasteiger partial charge in [0.25, 0.3) is 5.69 Å². The lowest BCUT2D eigenvalue weighted by Crippen LogP contribution is -2.20. The molecule has 0 radical (unpaired) electrons. The molecule has 1 aromatic carbocycles. The van der Waals surface area contributed by atoms with Crippen molar-refractivity contribution in [3.63, 3.8) is 0 Å². The van der Waals surface area contributed by atoms with E-state index in [0.29, 0.717) is 18.8 Å². The maximum Gasteiger partial charge on any atom is 0.292 e. The molecule has 0 unspecified atom stereocenters. The number of rotatable bonds is 7. The predicted octanol–water partition coefficient (Wildman–Crippen LogP) is 2.51. The summed E-state index contributed by atoms with van der Waals surface area (Å²) in [6.45, 7) is 3.22. The Bertz CT molecular complexity index is 702. The highest BCUT2D eigenvalue weighted by Gasteiger charge is 2.14. The molecule has 8 heteroatoms. The van der Waals surface area contributed by atoms with Gasteiger partial charge in [0.1, 0.15) is 23.7 Å². The SMILES string of the molecule is O=[N+]([O-])c1ccccc1NCCNc1cc(N2CCCC2)ncn1. The standard InChI is InChI=1S/C16H20N6O2/c23-22(24)14-6-2-1-5-13(14)17-7-8-18-15-11-16(20-12-19-15)21-9-3-4-10-21/h1-2,5-6,11-12,17H,3-4,7-10H2,(H,18,19,20). The molecule has 2 heterocycles. The summed E-state index contributed by atoms with van der Waals surface area (Å²) in [6.07, 6.45) is 3.96. The van der Waals surface area contributed by atoms with Crippen LogP contribution >= 0.6 is 0 Å². The van der Waals surface area contributed by atoms with Gasteiger partial charge < -0.3 is 15.5 Å². The monoisotopic (exact) mass is 328 g/mol. The number of hydrogen-bond donors (Lipinski definition) is 2. The minimum Gasteiger partial charge on any atom is -0.378 e. The molecule has 1 fully saturated rings. The van der Waals surface area contributed by atoms with Gasteiger partial charge in [-0.25, -0.2) is 9.97 Å². The van der Waals surface area contributed by atoms with Crippen molar-refractivity contribution in [2.24, 2.45) is 0 Å². The van der Waals surface area contributed by atoms with Crippen molar-refractivity contribution in [3.8, 4) is 0 Å². The van der Waals surface area contributed by atoms with Crippen LogP contribution < -0.4 is 15.5 Å². The third-order valence-electron chi connectivity index (χ3n) is 3.93. The van der Waals surface area contributed by atoms with Crippen LogP contribution in [0.3, 0.4) is 0 Å². The summed E-state index contributed by atoms with van der Waals surface area (Å²) < 4.78 is 0. The number of nitro groups is 1. The third kappa shape index (κ3) is 3.89. The number of aromatic nitrogens is 2. The fourth-order valence-corrected chi connectivity index (χ4v) is 2.73. The fraction of sp³-hybridized carbons (Fsp3) is 0.375. The van der Waals surface area contributed by atoms with E-state index in [4.69, 9.17) is 0 Å². The Kier molecular flexibility index (Phi) is 5.05. The molecule has 0 saturated carbocycles. The summed E-state index contributed by atoms with van der Waals surface area (Å²) in [6, 6.07) is 8.56. The van der Waals surface area contributed by atoms with E-state index >= 15 is 0 Å². The Labute approximate surface area is 140 Å². The number of nitrogens with one attached hydrogen (secondary N) is 2. The molecule has 2 N–H and O–H groups in total. The van der Waals surface area contributed by atoms with Crippen LogP contribution in [0.2, 0.25) is 0 Å². The first-order chi connectivity index (χ1) is 11.7. The fourth-order valence-electron chi connectivity index (χ4n) is 2.73. The summed E-state index contributed by atoms with van der Waals surface area (Å²) >= 11 is 0. The number of hydrogen-bond acceptors (Lipinski definition) is 7. The lowest BCUT2D eigenvalue weighted by molar-refractivity contribution is -0.384. The van der Waals surface area contributed by atoms with E-state index in [1.165, 1.54) is 18.9 Å². The third-order valence-corrected chi connectivity index (χ3v) is 3.93. The first-order valence-corrected chi connectivity index (χ1v) is 8.02. The largest absolute Gasteiger partial charge is 0.378 e. The normalized spacial score (nSPS) is 13.8. The molecular formula is C16H20N6O2. The van der Waals surface area contributed by atoms with Crippen LogP contribution in [0.1, 0.15) is 12.8 Å². The minimum atomic E-state index is -0.386.